The molecule has 0 aromatic heterocycles. The van der Waals surface area contributed by atoms with Crippen molar-refractivity contribution in [2.24, 2.45) is 11.7 Å². The van der Waals surface area contributed by atoms with E-state index in [4.69, 9.17) is 5.73 Å². The molecule has 0 aromatic rings. The molecule has 0 rings (SSSR count). The zero-order valence-corrected chi connectivity index (χ0v) is 10.3. The van der Waals surface area contributed by atoms with Crippen LogP contribution in [-0.2, 0) is 9.84 Å². The van der Waals surface area contributed by atoms with Crippen LogP contribution in [0.15, 0.2) is 0 Å². The van der Waals surface area contributed by atoms with Crippen molar-refractivity contribution < 1.29 is 8.42 Å². The first-order valence-corrected chi connectivity index (χ1v) is 7.19. The molecule has 0 amide bonds. The Bertz CT molecular complexity index is 237. The fraction of sp³-hybridized carbons (Fsp3) is 1.00. The summed E-state index contributed by atoms with van der Waals surface area (Å²) >= 11 is 0. The van der Waals surface area contributed by atoms with Gasteiger partial charge in [-0.1, -0.05) is 33.6 Å². The van der Waals surface area contributed by atoms with Crippen LogP contribution in [0.5, 0.6) is 0 Å². The van der Waals surface area contributed by atoms with E-state index >= 15 is 0 Å². The smallest absolute Gasteiger partial charge is 0.152 e. The van der Waals surface area contributed by atoms with E-state index in [-0.39, 0.29) is 23.5 Å². The third kappa shape index (κ3) is 6.38. The van der Waals surface area contributed by atoms with Crippen molar-refractivity contribution in [1.29, 1.82) is 0 Å². The van der Waals surface area contributed by atoms with Crippen LogP contribution in [0.4, 0.5) is 0 Å². The monoisotopic (exact) mass is 221 g/mol. The summed E-state index contributed by atoms with van der Waals surface area (Å²) < 4.78 is 23.2. The lowest BCUT2D eigenvalue weighted by atomic mass is 10.1. The zero-order chi connectivity index (χ0) is 11.2. The third-order valence-corrected chi connectivity index (χ3v) is 4.33. The summed E-state index contributed by atoms with van der Waals surface area (Å²) in [7, 11) is -2.94. The van der Waals surface area contributed by atoms with Gasteiger partial charge in [0.15, 0.2) is 9.84 Å². The Hall–Kier alpha value is -0.0900. The lowest BCUT2D eigenvalue weighted by molar-refractivity contribution is 0.539. The molecule has 0 fully saturated rings. The summed E-state index contributed by atoms with van der Waals surface area (Å²) in [6, 6.07) is -0.200. The van der Waals surface area contributed by atoms with E-state index in [0.717, 1.165) is 19.3 Å². The molecule has 2 atom stereocenters. The molecule has 2 N–H and O–H groups in total. The fourth-order valence-electron chi connectivity index (χ4n) is 1.52. The van der Waals surface area contributed by atoms with Crippen LogP contribution in [0.1, 0.15) is 40.0 Å². The van der Waals surface area contributed by atoms with Gasteiger partial charge in [0.05, 0.1) is 11.5 Å². The SMILES string of the molecule is CCCC(C)CS(=O)(=O)CC(N)CC. The summed E-state index contributed by atoms with van der Waals surface area (Å²) in [5.41, 5.74) is 5.63. The van der Waals surface area contributed by atoms with Crippen LogP contribution in [0.25, 0.3) is 0 Å². The standard InChI is InChI=1S/C10H23NO2S/c1-4-6-9(3)7-14(12,13)8-10(11)5-2/h9-10H,4-8,11H2,1-3H3. The lowest BCUT2D eigenvalue weighted by Crippen LogP contribution is -2.31. The van der Waals surface area contributed by atoms with Crippen molar-refractivity contribution in [2.45, 2.75) is 46.1 Å². The molecular formula is C10H23NO2S. The van der Waals surface area contributed by atoms with E-state index in [2.05, 4.69) is 6.92 Å². The normalized spacial score (nSPS) is 16.6. The Morgan fingerprint density at radius 3 is 2.21 bits per heavy atom. The Labute approximate surface area is 88.0 Å². The molecule has 0 saturated heterocycles. The largest absolute Gasteiger partial charge is 0.327 e. The summed E-state index contributed by atoms with van der Waals surface area (Å²) in [5.74, 6) is 0.681. The molecule has 0 bridgehead atoms. The molecule has 0 spiro atoms. The zero-order valence-electron chi connectivity index (χ0n) is 9.49. The van der Waals surface area contributed by atoms with E-state index in [1.807, 2.05) is 13.8 Å². The van der Waals surface area contributed by atoms with Crippen molar-refractivity contribution >= 4 is 9.84 Å². The number of sulfone groups is 1. The molecule has 0 aliphatic carbocycles. The molecule has 14 heavy (non-hydrogen) atoms. The number of nitrogens with two attached hydrogens (primary N) is 1. The minimum atomic E-state index is -2.94. The summed E-state index contributed by atoms with van der Waals surface area (Å²) in [5, 5.41) is 0. The van der Waals surface area contributed by atoms with Gasteiger partial charge in [0.1, 0.15) is 0 Å². The van der Waals surface area contributed by atoms with Gasteiger partial charge in [-0.25, -0.2) is 8.42 Å². The second-order valence-corrected chi connectivity index (χ2v) is 6.29. The Balaban J connectivity index is 4.07. The second kappa shape index (κ2) is 6.40. The minimum absolute atomic E-state index is 0.136. The minimum Gasteiger partial charge on any atom is -0.327 e. The van der Waals surface area contributed by atoms with Gasteiger partial charge in [-0.3, -0.25) is 0 Å². The van der Waals surface area contributed by atoms with Crippen molar-refractivity contribution in [3.63, 3.8) is 0 Å². The molecular weight excluding hydrogens is 198 g/mol. The molecule has 2 unspecified atom stereocenters. The highest BCUT2D eigenvalue weighted by molar-refractivity contribution is 7.91. The fourth-order valence-corrected chi connectivity index (χ4v) is 3.58. The van der Waals surface area contributed by atoms with Gasteiger partial charge in [0.2, 0.25) is 0 Å². The van der Waals surface area contributed by atoms with Gasteiger partial charge in [-0.2, -0.15) is 0 Å². The average Bonchev–Trinajstić information content (AvgIpc) is 2.02. The molecule has 4 heteroatoms. The van der Waals surface area contributed by atoms with Crippen LogP contribution in [0.2, 0.25) is 0 Å². The van der Waals surface area contributed by atoms with Gasteiger partial charge in [-0.15, -0.1) is 0 Å². The Morgan fingerprint density at radius 1 is 1.21 bits per heavy atom. The quantitative estimate of drug-likeness (QED) is 0.710. The van der Waals surface area contributed by atoms with Crippen LogP contribution in [0, 0.1) is 5.92 Å². The molecule has 0 heterocycles. The highest BCUT2D eigenvalue weighted by Gasteiger charge is 2.18. The van der Waals surface area contributed by atoms with Crippen LogP contribution in [0.3, 0.4) is 0 Å². The molecule has 0 aliphatic heterocycles. The van der Waals surface area contributed by atoms with Crippen molar-refractivity contribution in [3.05, 3.63) is 0 Å². The van der Waals surface area contributed by atoms with Crippen LogP contribution >= 0.6 is 0 Å². The van der Waals surface area contributed by atoms with Crippen molar-refractivity contribution in [1.82, 2.24) is 0 Å². The molecule has 0 radical (unpaired) electrons. The van der Waals surface area contributed by atoms with Gasteiger partial charge in [0, 0.05) is 6.04 Å². The predicted octanol–water partition coefficient (Wildman–Crippen LogP) is 1.57. The van der Waals surface area contributed by atoms with E-state index in [1.54, 1.807) is 0 Å². The van der Waals surface area contributed by atoms with Crippen molar-refractivity contribution in [2.75, 3.05) is 11.5 Å². The summed E-state index contributed by atoms with van der Waals surface area (Å²) in [6.45, 7) is 5.97. The number of hydrogen-bond acceptors (Lipinski definition) is 3. The van der Waals surface area contributed by atoms with E-state index < -0.39 is 9.84 Å². The van der Waals surface area contributed by atoms with E-state index in [9.17, 15) is 8.42 Å². The summed E-state index contributed by atoms with van der Waals surface area (Å²) in [4.78, 5) is 0. The first kappa shape index (κ1) is 13.9. The van der Waals surface area contributed by atoms with Crippen LogP contribution < -0.4 is 5.73 Å². The Kier molecular flexibility index (Phi) is 6.36. The molecule has 0 aliphatic rings. The average molecular weight is 221 g/mol. The highest BCUT2D eigenvalue weighted by atomic mass is 32.2. The third-order valence-electron chi connectivity index (χ3n) is 2.31. The first-order chi connectivity index (χ1) is 6.41. The lowest BCUT2D eigenvalue weighted by Gasteiger charge is -2.13. The van der Waals surface area contributed by atoms with E-state index in [0.29, 0.717) is 0 Å². The molecule has 86 valence electrons. The maximum Gasteiger partial charge on any atom is 0.152 e. The van der Waals surface area contributed by atoms with Crippen molar-refractivity contribution in [3.8, 4) is 0 Å². The maximum absolute atomic E-state index is 11.6. The number of rotatable bonds is 7. The van der Waals surface area contributed by atoms with Gasteiger partial charge >= 0.3 is 0 Å². The summed E-state index contributed by atoms with van der Waals surface area (Å²) in [6.07, 6.45) is 2.73. The maximum atomic E-state index is 11.6. The van der Waals surface area contributed by atoms with Gasteiger partial charge in [0.25, 0.3) is 0 Å². The predicted molar refractivity (Wildman–Crippen MR) is 61.0 cm³/mol. The van der Waals surface area contributed by atoms with Crippen LogP contribution in [-0.4, -0.2) is 26.0 Å². The van der Waals surface area contributed by atoms with Gasteiger partial charge in [-0.05, 0) is 12.3 Å². The molecule has 3 nitrogen and oxygen atoms in total. The molecule has 0 saturated carbocycles. The topological polar surface area (TPSA) is 60.2 Å². The number of hydrogen-bond donors (Lipinski definition) is 1. The molecule has 0 aromatic carbocycles. The Morgan fingerprint density at radius 2 is 1.79 bits per heavy atom. The van der Waals surface area contributed by atoms with Gasteiger partial charge < -0.3 is 5.73 Å². The van der Waals surface area contributed by atoms with E-state index in [1.165, 1.54) is 0 Å². The first-order valence-electron chi connectivity index (χ1n) is 5.37. The highest BCUT2D eigenvalue weighted by Crippen LogP contribution is 2.09. The second-order valence-electron chi connectivity index (χ2n) is 4.14.